The highest BCUT2D eigenvalue weighted by Crippen LogP contribution is 2.32. The fraction of sp³-hybridized carbons (Fsp3) is 0.667. The maximum Gasteiger partial charge on any atom is 0.126 e. The van der Waals surface area contributed by atoms with Gasteiger partial charge in [0.05, 0.1) is 39.9 Å². The average molecular weight is 308 g/mol. The molecule has 1 aliphatic rings. The van der Waals surface area contributed by atoms with Crippen molar-refractivity contribution in [1.29, 1.82) is 0 Å². The summed E-state index contributed by atoms with van der Waals surface area (Å²) in [6, 6.07) is 8.54. The molecule has 0 aromatic heterocycles. The number of hydrogen-bond acceptors (Lipinski definition) is 2. The number of benzene rings is 1. The van der Waals surface area contributed by atoms with Crippen LogP contribution in [0.15, 0.2) is 24.3 Å². The van der Waals surface area contributed by atoms with Gasteiger partial charge in [0.15, 0.2) is 0 Å². The van der Waals surface area contributed by atoms with Crippen LogP contribution < -0.4 is 10.2 Å². The summed E-state index contributed by atoms with van der Waals surface area (Å²) in [5.74, 6) is 0. The molecule has 22 heavy (non-hydrogen) atoms. The van der Waals surface area contributed by atoms with E-state index in [4.69, 9.17) is 4.74 Å². The number of aliphatic hydroxyl groups excluding tert-OH is 1. The van der Waals surface area contributed by atoms with Gasteiger partial charge < -0.3 is 20.1 Å². The van der Waals surface area contributed by atoms with E-state index in [-0.39, 0.29) is 12.2 Å². The minimum atomic E-state index is -0.374. The summed E-state index contributed by atoms with van der Waals surface area (Å²) in [6.45, 7) is 3.43. The van der Waals surface area contributed by atoms with Crippen molar-refractivity contribution in [3.8, 4) is 0 Å². The largest absolute Gasteiger partial charge is 0.385 e. The van der Waals surface area contributed by atoms with Crippen molar-refractivity contribution in [2.24, 2.45) is 0 Å². The number of aliphatic hydroxyl groups is 1. The van der Waals surface area contributed by atoms with Crippen LogP contribution in [0.4, 0.5) is 0 Å². The average Bonchev–Trinajstić information content (AvgIpc) is 2.52. The summed E-state index contributed by atoms with van der Waals surface area (Å²) < 4.78 is 5.99. The van der Waals surface area contributed by atoms with E-state index in [1.54, 1.807) is 0 Å². The molecule has 1 aromatic carbocycles. The van der Waals surface area contributed by atoms with Crippen LogP contribution in [0.25, 0.3) is 0 Å². The molecular formula is C18H32N2O2+2. The number of nitrogens with two attached hydrogens (primary N) is 1. The molecule has 0 heterocycles. The van der Waals surface area contributed by atoms with Crippen molar-refractivity contribution < 1.29 is 20.1 Å². The van der Waals surface area contributed by atoms with E-state index in [0.29, 0.717) is 6.61 Å². The minimum Gasteiger partial charge on any atom is -0.385 e. The number of ether oxygens (including phenoxy) is 1. The molecule has 0 saturated heterocycles. The van der Waals surface area contributed by atoms with Crippen LogP contribution in [-0.2, 0) is 11.2 Å². The van der Waals surface area contributed by atoms with Gasteiger partial charge in [-0.15, -0.1) is 0 Å². The van der Waals surface area contributed by atoms with Crippen molar-refractivity contribution in [1.82, 2.24) is 0 Å². The SMILES string of the molecule is C[NH+](C)CCC[NH2+]C[C@H](O)CO[C@@H]1CCCc2ccccc21. The highest BCUT2D eigenvalue weighted by Gasteiger charge is 2.21. The Morgan fingerprint density at radius 3 is 3.00 bits per heavy atom. The second-order valence-electron chi connectivity index (χ2n) is 6.69. The fourth-order valence-electron chi connectivity index (χ4n) is 3.09. The second kappa shape index (κ2) is 9.26. The molecule has 2 atom stereocenters. The molecular weight excluding hydrogens is 276 g/mol. The summed E-state index contributed by atoms with van der Waals surface area (Å²) in [6.07, 6.45) is 4.37. The van der Waals surface area contributed by atoms with Crippen molar-refractivity contribution in [2.75, 3.05) is 40.3 Å². The third kappa shape index (κ3) is 5.69. The zero-order valence-corrected chi connectivity index (χ0v) is 14.1. The van der Waals surface area contributed by atoms with Gasteiger partial charge in [0, 0.05) is 6.42 Å². The van der Waals surface area contributed by atoms with Crippen molar-refractivity contribution in [2.45, 2.75) is 37.9 Å². The van der Waals surface area contributed by atoms with E-state index in [2.05, 4.69) is 43.7 Å². The quantitative estimate of drug-likeness (QED) is 0.541. The number of nitrogens with one attached hydrogen (secondary N) is 1. The summed E-state index contributed by atoms with van der Waals surface area (Å²) in [5, 5.41) is 12.3. The van der Waals surface area contributed by atoms with E-state index in [1.165, 1.54) is 35.4 Å². The van der Waals surface area contributed by atoms with Crippen molar-refractivity contribution in [3.05, 3.63) is 35.4 Å². The van der Waals surface area contributed by atoms with Crippen LogP contribution in [0.5, 0.6) is 0 Å². The molecule has 0 bridgehead atoms. The molecule has 2 rings (SSSR count). The van der Waals surface area contributed by atoms with Gasteiger partial charge in [0.25, 0.3) is 0 Å². The smallest absolute Gasteiger partial charge is 0.126 e. The molecule has 0 saturated carbocycles. The molecule has 0 spiro atoms. The lowest BCUT2D eigenvalue weighted by atomic mass is 9.89. The van der Waals surface area contributed by atoms with E-state index in [1.807, 2.05) is 0 Å². The summed E-state index contributed by atoms with van der Waals surface area (Å²) >= 11 is 0. The van der Waals surface area contributed by atoms with Crippen LogP contribution in [0.3, 0.4) is 0 Å². The molecule has 0 aliphatic heterocycles. The molecule has 1 aromatic rings. The molecule has 4 nitrogen and oxygen atoms in total. The van der Waals surface area contributed by atoms with E-state index >= 15 is 0 Å². The first-order chi connectivity index (χ1) is 10.7. The van der Waals surface area contributed by atoms with Crippen LogP contribution in [0.1, 0.15) is 36.5 Å². The van der Waals surface area contributed by atoms with Crippen LogP contribution in [0, 0.1) is 0 Å². The Labute approximate surface area is 134 Å². The molecule has 0 radical (unpaired) electrons. The van der Waals surface area contributed by atoms with Crippen molar-refractivity contribution in [3.63, 3.8) is 0 Å². The van der Waals surface area contributed by atoms with Gasteiger partial charge in [-0.3, -0.25) is 0 Å². The first kappa shape index (κ1) is 17.4. The third-order valence-corrected chi connectivity index (χ3v) is 4.33. The van der Waals surface area contributed by atoms with E-state index in [0.717, 1.165) is 25.9 Å². The Morgan fingerprint density at radius 2 is 2.18 bits per heavy atom. The normalized spacial score (nSPS) is 19.2. The number of hydrogen-bond donors (Lipinski definition) is 3. The fourth-order valence-corrected chi connectivity index (χ4v) is 3.09. The van der Waals surface area contributed by atoms with Gasteiger partial charge in [-0.25, -0.2) is 0 Å². The number of quaternary nitrogens is 2. The monoisotopic (exact) mass is 308 g/mol. The molecule has 124 valence electrons. The zero-order chi connectivity index (χ0) is 15.8. The van der Waals surface area contributed by atoms with Gasteiger partial charge >= 0.3 is 0 Å². The summed E-state index contributed by atoms with van der Waals surface area (Å²) in [7, 11) is 4.34. The number of fused-ring (bicyclic) bond motifs is 1. The zero-order valence-electron chi connectivity index (χ0n) is 14.1. The van der Waals surface area contributed by atoms with E-state index < -0.39 is 0 Å². The van der Waals surface area contributed by atoms with Gasteiger partial charge in [0.2, 0.25) is 0 Å². The van der Waals surface area contributed by atoms with Crippen molar-refractivity contribution >= 4 is 0 Å². The van der Waals surface area contributed by atoms with Gasteiger partial charge in [0.1, 0.15) is 12.6 Å². The first-order valence-corrected chi connectivity index (χ1v) is 8.65. The second-order valence-corrected chi connectivity index (χ2v) is 6.69. The molecule has 4 heteroatoms. The van der Waals surface area contributed by atoms with Crippen LogP contribution in [-0.4, -0.2) is 51.5 Å². The molecule has 0 unspecified atom stereocenters. The lowest BCUT2D eigenvalue weighted by Gasteiger charge is -2.26. The minimum absolute atomic E-state index is 0.164. The molecule has 0 fully saturated rings. The Balaban J connectivity index is 1.66. The third-order valence-electron chi connectivity index (χ3n) is 4.33. The highest BCUT2D eigenvalue weighted by molar-refractivity contribution is 5.31. The maximum atomic E-state index is 10.1. The standard InChI is InChI=1S/C18H30N2O2/c1-20(2)12-6-11-19-13-16(21)14-22-18-10-5-8-15-7-3-4-9-17(15)18/h3-4,7,9,16,18-19,21H,5-6,8,10-14H2,1-2H3/p+2/t16-,18+/m0/s1. The summed E-state index contributed by atoms with van der Waals surface area (Å²) in [5.41, 5.74) is 2.73. The molecule has 4 N–H and O–H groups in total. The van der Waals surface area contributed by atoms with Crippen LogP contribution in [0.2, 0.25) is 0 Å². The first-order valence-electron chi connectivity index (χ1n) is 8.65. The predicted molar refractivity (Wildman–Crippen MR) is 88.0 cm³/mol. The highest BCUT2D eigenvalue weighted by atomic mass is 16.5. The number of rotatable bonds is 9. The van der Waals surface area contributed by atoms with E-state index in [9.17, 15) is 5.11 Å². The summed E-state index contributed by atoms with van der Waals surface area (Å²) in [4.78, 5) is 1.48. The topological polar surface area (TPSA) is 50.5 Å². The lowest BCUT2D eigenvalue weighted by Crippen LogP contribution is -3.06. The Morgan fingerprint density at radius 1 is 1.36 bits per heavy atom. The molecule has 0 amide bonds. The Kier molecular flexibility index (Phi) is 7.33. The predicted octanol–water partition coefficient (Wildman–Crippen LogP) is -0.460. The number of aryl methyl sites for hydroxylation is 1. The lowest BCUT2D eigenvalue weighted by molar-refractivity contribution is -0.860. The Bertz CT molecular complexity index is 437. The molecule has 1 aliphatic carbocycles. The maximum absolute atomic E-state index is 10.1. The van der Waals surface area contributed by atoms with Gasteiger partial charge in [-0.1, -0.05) is 24.3 Å². The van der Waals surface area contributed by atoms with Crippen LogP contribution >= 0.6 is 0 Å². The van der Waals surface area contributed by atoms with Gasteiger partial charge in [-0.05, 0) is 30.4 Å². The Hall–Kier alpha value is -0.940. The van der Waals surface area contributed by atoms with Gasteiger partial charge in [-0.2, -0.15) is 0 Å².